The molecule has 2 saturated carbocycles. The van der Waals surface area contributed by atoms with Crippen molar-refractivity contribution in [3.05, 3.63) is 0 Å². The van der Waals surface area contributed by atoms with E-state index in [-0.39, 0.29) is 18.6 Å². The van der Waals surface area contributed by atoms with Crippen LogP contribution < -0.4 is 0 Å². The van der Waals surface area contributed by atoms with E-state index in [0.29, 0.717) is 24.4 Å². The fourth-order valence-corrected chi connectivity index (χ4v) is 5.83. The Kier molecular flexibility index (Phi) is 6.70. The van der Waals surface area contributed by atoms with Gasteiger partial charge in [0.2, 0.25) is 0 Å². The van der Waals surface area contributed by atoms with E-state index >= 15 is 0 Å². The molecular weight excluding hydrogens is 412 g/mol. The second kappa shape index (κ2) is 8.75. The molecule has 10 nitrogen and oxygen atoms in total. The predicted molar refractivity (Wildman–Crippen MR) is 104 cm³/mol. The van der Waals surface area contributed by atoms with Gasteiger partial charge in [0, 0.05) is 0 Å². The lowest BCUT2D eigenvalue weighted by molar-refractivity contribution is -0.313. The molecule has 0 radical (unpaired) electrons. The van der Waals surface area contributed by atoms with Crippen molar-refractivity contribution in [1.29, 1.82) is 0 Å². The summed E-state index contributed by atoms with van der Waals surface area (Å²) in [6, 6.07) is 0. The molecular formula is C21H36O10. The maximum atomic E-state index is 10.4. The van der Waals surface area contributed by atoms with Crippen molar-refractivity contribution in [2.75, 3.05) is 26.4 Å². The van der Waals surface area contributed by atoms with E-state index in [0.717, 1.165) is 0 Å². The van der Waals surface area contributed by atoms with Crippen LogP contribution in [0.25, 0.3) is 0 Å². The molecule has 2 saturated heterocycles. The molecule has 0 spiro atoms. The van der Waals surface area contributed by atoms with Gasteiger partial charge in [0.05, 0.1) is 26.4 Å². The Labute approximate surface area is 181 Å². The largest absolute Gasteiger partial charge is 0.393 e. The Bertz CT molecular complexity index is 631. The molecule has 4 rings (SSSR count). The zero-order valence-corrected chi connectivity index (χ0v) is 18.0. The number of ether oxygens (including phenoxy) is 4. The average molecular weight is 449 g/mol. The van der Waals surface area contributed by atoms with Gasteiger partial charge in [-0.1, -0.05) is 13.8 Å². The van der Waals surface area contributed by atoms with E-state index in [1.807, 2.05) is 0 Å². The van der Waals surface area contributed by atoms with Gasteiger partial charge < -0.3 is 49.6 Å². The highest BCUT2D eigenvalue weighted by atomic mass is 16.7. The summed E-state index contributed by atoms with van der Waals surface area (Å²) in [5.41, 5.74) is -1.69. The van der Waals surface area contributed by atoms with E-state index in [9.17, 15) is 30.6 Å². The average Bonchev–Trinajstić information content (AvgIpc) is 3.40. The highest BCUT2D eigenvalue weighted by Crippen LogP contribution is 2.59. The van der Waals surface area contributed by atoms with Crippen LogP contribution in [-0.4, -0.2) is 106 Å². The Hall–Kier alpha value is -0.400. The van der Waals surface area contributed by atoms with E-state index in [2.05, 4.69) is 13.8 Å². The normalized spacial score (nSPS) is 51.5. The predicted octanol–water partition coefficient (Wildman–Crippen LogP) is -1.66. The van der Waals surface area contributed by atoms with Crippen LogP contribution in [0.2, 0.25) is 0 Å². The van der Waals surface area contributed by atoms with Crippen molar-refractivity contribution in [2.24, 2.45) is 23.2 Å². The maximum Gasteiger partial charge on any atom is 0.186 e. The van der Waals surface area contributed by atoms with Crippen LogP contribution in [0.4, 0.5) is 0 Å². The molecule has 11 atom stereocenters. The van der Waals surface area contributed by atoms with Crippen LogP contribution >= 0.6 is 0 Å². The second-order valence-corrected chi connectivity index (χ2v) is 10.3. The summed E-state index contributed by atoms with van der Waals surface area (Å²) in [5, 5.41) is 60.3. The maximum absolute atomic E-state index is 10.4. The molecule has 2 bridgehead atoms. The number of fused-ring (bicyclic) bond motifs is 2. The van der Waals surface area contributed by atoms with Crippen LogP contribution in [-0.2, 0) is 18.9 Å². The van der Waals surface area contributed by atoms with Crippen molar-refractivity contribution in [2.45, 2.75) is 81.8 Å². The Morgan fingerprint density at radius 2 is 1.65 bits per heavy atom. The number of rotatable bonds is 7. The van der Waals surface area contributed by atoms with Crippen molar-refractivity contribution < 1.29 is 49.6 Å². The van der Waals surface area contributed by atoms with E-state index in [1.165, 1.54) is 19.3 Å². The molecule has 10 heteroatoms. The standard InChI is InChI=1S/C21H36O10/c1-20(2)11-4-3-10(5-11)12(20)6-28-18-16(25)15(24)14(23)13(31-18)7-29-19-17(26)21(27,8-22)9-30-19/h10-19,22-27H,3-9H2,1-2H3/t10-,11+,12+,13-,14-,15+,16-,17+,18-,19-,21-/m0/s1. The smallest absolute Gasteiger partial charge is 0.186 e. The minimum atomic E-state index is -1.83. The number of aliphatic hydroxyl groups is 6. The molecule has 31 heavy (non-hydrogen) atoms. The molecule has 180 valence electrons. The number of hydrogen-bond acceptors (Lipinski definition) is 10. The Balaban J connectivity index is 1.33. The molecule has 0 aromatic carbocycles. The zero-order valence-electron chi connectivity index (χ0n) is 18.0. The summed E-state index contributed by atoms with van der Waals surface area (Å²) in [5.74, 6) is 1.59. The lowest BCUT2D eigenvalue weighted by Gasteiger charge is -2.43. The van der Waals surface area contributed by atoms with Gasteiger partial charge in [-0.05, 0) is 42.4 Å². The van der Waals surface area contributed by atoms with Gasteiger partial charge in [-0.25, -0.2) is 0 Å². The lowest BCUT2D eigenvalue weighted by Crippen LogP contribution is -2.60. The quantitative estimate of drug-likeness (QED) is 0.266. The van der Waals surface area contributed by atoms with E-state index < -0.39 is 55.3 Å². The van der Waals surface area contributed by atoms with Crippen LogP contribution in [0, 0.1) is 23.2 Å². The van der Waals surface area contributed by atoms with Crippen molar-refractivity contribution in [3.63, 3.8) is 0 Å². The van der Waals surface area contributed by atoms with Gasteiger partial charge in [-0.2, -0.15) is 0 Å². The van der Waals surface area contributed by atoms with Gasteiger partial charge in [0.1, 0.15) is 36.1 Å². The van der Waals surface area contributed by atoms with Crippen LogP contribution in [0.3, 0.4) is 0 Å². The molecule has 4 fully saturated rings. The summed E-state index contributed by atoms with van der Waals surface area (Å²) in [7, 11) is 0. The third kappa shape index (κ3) is 4.16. The van der Waals surface area contributed by atoms with Crippen LogP contribution in [0.15, 0.2) is 0 Å². The van der Waals surface area contributed by atoms with Crippen LogP contribution in [0.5, 0.6) is 0 Å². The molecule has 0 unspecified atom stereocenters. The first-order valence-corrected chi connectivity index (χ1v) is 11.1. The van der Waals surface area contributed by atoms with Crippen LogP contribution in [0.1, 0.15) is 33.1 Å². The third-order valence-electron chi connectivity index (χ3n) is 8.16. The summed E-state index contributed by atoms with van der Waals surface area (Å²) in [4.78, 5) is 0. The first-order chi connectivity index (χ1) is 14.6. The lowest BCUT2D eigenvalue weighted by atomic mass is 9.69. The van der Waals surface area contributed by atoms with Gasteiger partial charge in [-0.3, -0.25) is 0 Å². The highest BCUT2D eigenvalue weighted by molar-refractivity contribution is 5.02. The van der Waals surface area contributed by atoms with Gasteiger partial charge >= 0.3 is 0 Å². The van der Waals surface area contributed by atoms with Crippen molar-refractivity contribution >= 4 is 0 Å². The third-order valence-corrected chi connectivity index (χ3v) is 8.16. The summed E-state index contributed by atoms with van der Waals surface area (Å²) in [6.07, 6.45) is -5.64. The Morgan fingerprint density at radius 1 is 0.935 bits per heavy atom. The summed E-state index contributed by atoms with van der Waals surface area (Å²) >= 11 is 0. The Morgan fingerprint density at radius 3 is 2.26 bits per heavy atom. The first kappa shape index (κ1) is 23.7. The minimum absolute atomic E-state index is 0.141. The molecule has 2 aliphatic carbocycles. The zero-order chi connectivity index (χ0) is 22.6. The molecule has 0 aromatic heterocycles. The molecule has 6 N–H and O–H groups in total. The summed E-state index contributed by atoms with van der Waals surface area (Å²) in [6.45, 7) is 3.60. The van der Waals surface area contributed by atoms with E-state index in [4.69, 9.17) is 18.9 Å². The van der Waals surface area contributed by atoms with Gasteiger partial charge in [-0.15, -0.1) is 0 Å². The summed E-state index contributed by atoms with van der Waals surface area (Å²) < 4.78 is 22.2. The van der Waals surface area contributed by atoms with Crippen molar-refractivity contribution in [3.8, 4) is 0 Å². The number of aliphatic hydroxyl groups excluding tert-OH is 5. The molecule has 0 aromatic rings. The molecule has 4 aliphatic rings. The monoisotopic (exact) mass is 448 g/mol. The minimum Gasteiger partial charge on any atom is -0.393 e. The SMILES string of the molecule is CC1(C)[C@@H]2CC[C@@H](C2)[C@H]1CO[C@H]1O[C@@H](CO[C@H]2OC[C@@](O)(CO)[C@@H]2O)[C@H](O)[C@@H](O)[C@@H]1O. The second-order valence-electron chi connectivity index (χ2n) is 10.3. The topological polar surface area (TPSA) is 158 Å². The van der Waals surface area contributed by atoms with Gasteiger partial charge in [0.25, 0.3) is 0 Å². The molecule has 0 amide bonds. The molecule has 2 heterocycles. The van der Waals surface area contributed by atoms with E-state index in [1.54, 1.807) is 0 Å². The van der Waals surface area contributed by atoms with Crippen molar-refractivity contribution in [1.82, 2.24) is 0 Å². The molecule has 2 aliphatic heterocycles. The highest BCUT2D eigenvalue weighted by Gasteiger charge is 2.54. The fourth-order valence-electron chi connectivity index (χ4n) is 5.83. The first-order valence-electron chi connectivity index (χ1n) is 11.1. The fraction of sp³-hybridized carbons (Fsp3) is 1.00. The number of hydrogen-bond donors (Lipinski definition) is 6. The van der Waals surface area contributed by atoms with Gasteiger partial charge in [0.15, 0.2) is 12.6 Å².